The lowest BCUT2D eigenvalue weighted by molar-refractivity contribution is -0.128. The molecule has 5 heteroatoms. The number of nitrogens with one attached hydrogen (secondary N) is 2. The van der Waals surface area contributed by atoms with Crippen molar-refractivity contribution in [3.63, 3.8) is 0 Å². The van der Waals surface area contributed by atoms with Crippen LogP contribution in [0.4, 0.5) is 0 Å². The second-order valence-corrected chi connectivity index (χ2v) is 4.55. The van der Waals surface area contributed by atoms with Gasteiger partial charge < -0.3 is 16.4 Å². The van der Waals surface area contributed by atoms with Crippen LogP contribution in [0.2, 0.25) is 0 Å². The first-order valence-corrected chi connectivity index (χ1v) is 5.66. The summed E-state index contributed by atoms with van der Waals surface area (Å²) in [6, 6.07) is -0.226. The zero-order valence-electron chi connectivity index (χ0n) is 10.5. The van der Waals surface area contributed by atoms with Gasteiger partial charge in [-0.1, -0.05) is 27.7 Å². The Morgan fingerprint density at radius 1 is 1.19 bits per heavy atom. The van der Waals surface area contributed by atoms with Crippen LogP contribution in [0.5, 0.6) is 0 Å². The molecule has 0 radical (unpaired) electrons. The quantitative estimate of drug-likeness (QED) is 0.574. The van der Waals surface area contributed by atoms with Crippen LogP contribution in [0, 0.1) is 5.92 Å². The van der Waals surface area contributed by atoms with Crippen molar-refractivity contribution in [2.45, 2.75) is 46.2 Å². The third-order valence-corrected chi connectivity index (χ3v) is 2.19. The zero-order valence-corrected chi connectivity index (χ0v) is 10.5. The van der Waals surface area contributed by atoms with Gasteiger partial charge in [0.25, 0.3) is 0 Å². The van der Waals surface area contributed by atoms with Gasteiger partial charge in [-0.25, -0.2) is 0 Å². The standard InChI is InChI=1S/C11H23N3O2/c1-7(2)10(11(12)16)14-9(15)5-6-13-8(3)4/h7-8,10,13H,5-6H2,1-4H3,(H2,12,16)(H,14,15). The van der Waals surface area contributed by atoms with Crippen LogP contribution >= 0.6 is 0 Å². The molecule has 0 rings (SSSR count). The average molecular weight is 229 g/mol. The van der Waals surface area contributed by atoms with Crippen LogP contribution in [0.3, 0.4) is 0 Å². The Labute approximate surface area is 97.2 Å². The molecule has 5 nitrogen and oxygen atoms in total. The largest absolute Gasteiger partial charge is 0.368 e. The summed E-state index contributed by atoms with van der Waals surface area (Å²) in [5.74, 6) is -0.620. The molecular formula is C11H23N3O2. The Morgan fingerprint density at radius 2 is 1.75 bits per heavy atom. The van der Waals surface area contributed by atoms with Gasteiger partial charge in [0.2, 0.25) is 11.8 Å². The number of carbonyl (C=O) groups excluding carboxylic acids is 2. The van der Waals surface area contributed by atoms with Crippen LogP contribution in [-0.4, -0.2) is 30.4 Å². The van der Waals surface area contributed by atoms with E-state index in [9.17, 15) is 9.59 Å². The summed E-state index contributed by atoms with van der Waals surface area (Å²) in [5.41, 5.74) is 5.19. The van der Waals surface area contributed by atoms with Gasteiger partial charge in [0.15, 0.2) is 0 Å². The first-order valence-electron chi connectivity index (χ1n) is 5.66. The molecule has 0 saturated heterocycles. The summed E-state index contributed by atoms with van der Waals surface area (Å²) >= 11 is 0. The molecule has 94 valence electrons. The van der Waals surface area contributed by atoms with Gasteiger partial charge in [-0.3, -0.25) is 9.59 Å². The van der Waals surface area contributed by atoms with Crippen LogP contribution in [0.25, 0.3) is 0 Å². The third kappa shape index (κ3) is 6.40. The fraction of sp³-hybridized carbons (Fsp3) is 0.818. The lowest BCUT2D eigenvalue weighted by Gasteiger charge is -2.19. The second-order valence-electron chi connectivity index (χ2n) is 4.55. The highest BCUT2D eigenvalue weighted by atomic mass is 16.2. The van der Waals surface area contributed by atoms with E-state index in [0.29, 0.717) is 19.0 Å². The summed E-state index contributed by atoms with van der Waals surface area (Å²) in [6.45, 7) is 8.33. The minimum atomic E-state index is -0.577. The molecule has 0 aliphatic heterocycles. The Morgan fingerprint density at radius 3 is 2.12 bits per heavy atom. The van der Waals surface area contributed by atoms with Gasteiger partial charge in [-0.2, -0.15) is 0 Å². The van der Waals surface area contributed by atoms with E-state index in [-0.39, 0.29) is 11.8 Å². The number of hydrogen-bond donors (Lipinski definition) is 3. The van der Waals surface area contributed by atoms with Gasteiger partial charge in [-0.05, 0) is 5.92 Å². The van der Waals surface area contributed by atoms with E-state index < -0.39 is 11.9 Å². The number of nitrogens with two attached hydrogens (primary N) is 1. The maximum Gasteiger partial charge on any atom is 0.240 e. The summed E-state index contributed by atoms with van der Waals surface area (Å²) in [4.78, 5) is 22.5. The maximum absolute atomic E-state index is 11.5. The molecule has 16 heavy (non-hydrogen) atoms. The third-order valence-electron chi connectivity index (χ3n) is 2.19. The summed E-state index contributed by atoms with van der Waals surface area (Å²) in [7, 11) is 0. The van der Waals surface area contributed by atoms with Crippen molar-refractivity contribution in [2.75, 3.05) is 6.54 Å². The molecule has 0 aromatic carbocycles. The van der Waals surface area contributed by atoms with E-state index >= 15 is 0 Å². The Bertz CT molecular complexity index is 239. The van der Waals surface area contributed by atoms with Crippen LogP contribution in [0.1, 0.15) is 34.1 Å². The predicted molar refractivity (Wildman–Crippen MR) is 63.7 cm³/mol. The fourth-order valence-electron chi connectivity index (χ4n) is 1.29. The van der Waals surface area contributed by atoms with Crippen molar-refractivity contribution in [3.05, 3.63) is 0 Å². The normalized spacial score (nSPS) is 12.9. The molecule has 1 unspecified atom stereocenters. The molecule has 0 spiro atoms. The van der Waals surface area contributed by atoms with E-state index in [0.717, 1.165) is 0 Å². The molecule has 0 bridgehead atoms. The van der Waals surface area contributed by atoms with E-state index in [1.165, 1.54) is 0 Å². The van der Waals surface area contributed by atoms with Crippen molar-refractivity contribution in [1.29, 1.82) is 0 Å². The number of hydrogen-bond acceptors (Lipinski definition) is 3. The average Bonchev–Trinajstić information content (AvgIpc) is 2.12. The highest BCUT2D eigenvalue weighted by molar-refractivity contribution is 5.86. The van der Waals surface area contributed by atoms with Crippen molar-refractivity contribution in [1.82, 2.24) is 10.6 Å². The van der Waals surface area contributed by atoms with E-state index in [2.05, 4.69) is 10.6 Å². The van der Waals surface area contributed by atoms with Crippen LogP contribution in [0.15, 0.2) is 0 Å². The highest BCUT2D eigenvalue weighted by Crippen LogP contribution is 2.00. The molecule has 0 fully saturated rings. The Hall–Kier alpha value is -1.10. The minimum Gasteiger partial charge on any atom is -0.368 e. The molecule has 0 heterocycles. The van der Waals surface area contributed by atoms with Crippen molar-refractivity contribution in [2.24, 2.45) is 11.7 Å². The molecule has 0 aromatic rings. The number of rotatable bonds is 7. The molecule has 0 aromatic heterocycles. The van der Waals surface area contributed by atoms with Crippen molar-refractivity contribution >= 4 is 11.8 Å². The first kappa shape index (κ1) is 14.9. The first-order chi connectivity index (χ1) is 7.34. The molecular weight excluding hydrogens is 206 g/mol. The van der Waals surface area contributed by atoms with Gasteiger partial charge >= 0.3 is 0 Å². The van der Waals surface area contributed by atoms with Crippen LogP contribution in [-0.2, 0) is 9.59 Å². The lowest BCUT2D eigenvalue weighted by atomic mass is 10.0. The molecule has 0 aliphatic carbocycles. The SMILES string of the molecule is CC(C)NCCC(=O)NC(C(N)=O)C(C)C. The van der Waals surface area contributed by atoms with Gasteiger partial charge in [0, 0.05) is 19.0 Å². The minimum absolute atomic E-state index is 0.0134. The van der Waals surface area contributed by atoms with Gasteiger partial charge in [0.05, 0.1) is 0 Å². The Balaban J connectivity index is 3.97. The smallest absolute Gasteiger partial charge is 0.240 e. The number of amides is 2. The van der Waals surface area contributed by atoms with E-state index in [1.54, 1.807) is 0 Å². The fourth-order valence-corrected chi connectivity index (χ4v) is 1.29. The van der Waals surface area contributed by atoms with E-state index in [1.807, 2.05) is 27.7 Å². The summed E-state index contributed by atoms with van der Waals surface area (Å²) in [6.07, 6.45) is 0.356. The summed E-state index contributed by atoms with van der Waals surface area (Å²) < 4.78 is 0. The molecule has 0 aliphatic rings. The van der Waals surface area contributed by atoms with Crippen LogP contribution < -0.4 is 16.4 Å². The molecule has 0 saturated carbocycles. The molecule has 2 amide bonds. The topological polar surface area (TPSA) is 84.2 Å². The second kappa shape index (κ2) is 7.22. The lowest BCUT2D eigenvalue weighted by Crippen LogP contribution is -2.48. The van der Waals surface area contributed by atoms with Gasteiger partial charge in [0.1, 0.15) is 6.04 Å². The Kier molecular flexibility index (Phi) is 6.72. The monoisotopic (exact) mass is 229 g/mol. The number of carbonyl (C=O) groups is 2. The zero-order chi connectivity index (χ0) is 12.7. The maximum atomic E-state index is 11.5. The number of primary amides is 1. The summed E-state index contributed by atoms with van der Waals surface area (Å²) in [5, 5.41) is 5.77. The van der Waals surface area contributed by atoms with E-state index in [4.69, 9.17) is 5.73 Å². The van der Waals surface area contributed by atoms with Crippen molar-refractivity contribution in [3.8, 4) is 0 Å². The van der Waals surface area contributed by atoms with Crippen molar-refractivity contribution < 1.29 is 9.59 Å². The molecule has 1 atom stereocenters. The predicted octanol–water partition coefficient (Wildman–Crippen LogP) is 0.000600. The highest BCUT2D eigenvalue weighted by Gasteiger charge is 2.21. The van der Waals surface area contributed by atoms with Gasteiger partial charge in [-0.15, -0.1) is 0 Å². The molecule has 4 N–H and O–H groups in total.